The number of carbonyl (C=O) groups excluding carboxylic acids is 2. The van der Waals surface area contributed by atoms with Gasteiger partial charge in [-0.3, -0.25) is 4.79 Å². The van der Waals surface area contributed by atoms with E-state index >= 15 is 4.79 Å². The number of hydrogen-bond donors (Lipinski definition) is 1. The van der Waals surface area contributed by atoms with Crippen molar-refractivity contribution in [1.29, 1.82) is 0 Å². The first-order valence-corrected chi connectivity index (χ1v) is 17.6. The number of imide groups is 1. The van der Waals surface area contributed by atoms with Crippen LogP contribution in [0.25, 0.3) is 0 Å². The van der Waals surface area contributed by atoms with Crippen LogP contribution in [0.5, 0.6) is 28.7 Å². The minimum atomic E-state index is -1.45. The van der Waals surface area contributed by atoms with Gasteiger partial charge in [-0.2, -0.15) is 0 Å². The second-order valence-corrected chi connectivity index (χ2v) is 12.9. The highest BCUT2D eigenvalue weighted by Crippen LogP contribution is 2.48. The lowest BCUT2D eigenvalue weighted by Crippen LogP contribution is -2.43. The lowest BCUT2D eigenvalue weighted by Gasteiger charge is -2.35. The maximum atomic E-state index is 15.4. The number of hydrogen-bond acceptors (Lipinski definition) is 9. The predicted molar refractivity (Wildman–Crippen MR) is 196 cm³/mol. The van der Waals surface area contributed by atoms with Crippen molar-refractivity contribution in [2.45, 2.75) is 38.0 Å². The predicted octanol–water partition coefficient (Wildman–Crippen LogP) is 7.99. The molecule has 0 aliphatic carbocycles. The van der Waals surface area contributed by atoms with Crippen molar-refractivity contribution in [3.05, 3.63) is 149 Å². The molecule has 2 heterocycles. The summed E-state index contributed by atoms with van der Waals surface area (Å²) in [7, 11) is 1.57. The number of methoxy groups -OCH3 is 1. The summed E-state index contributed by atoms with van der Waals surface area (Å²) >= 11 is 0. The minimum absolute atomic E-state index is 0.0274. The molecule has 0 spiro atoms. The topological polar surface area (TPSA) is 113 Å². The molecule has 5 aromatic rings. The highest BCUT2D eigenvalue weighted by atomic mass is 16.7. The third-order valence-corrected chi connectivity index (χ3v) is 9.50. The summed E-state index contributed by atoms with van der Waals surface area (Å²) in [4.78, 5) is 30.1. The van der Waals surface area contributed by atoms with Crippen molar-refractivity contribution in [1.82, 2.24) is 4.90 Å². The first-order valence-electron chi connectivity index (χ1n) is 17.6. The van der Waals surface area contributed by atoms with Gasteiger partial charge in [0.1, 0.15) is 36.5 Å². The molecule has 2 aliphatic rings. The van der Waals surface area contributed by atoms with Crippen LogP contribution in [0, 0.1) is 5.92 Å². The van der Waals surface area contributed by atoms with Crippen molar-refractivity contribution in [3.8, 4) is 28.7 Å². The van der Waals surface area contributed by atoms with Crippen LogP contribution in [0.3, 0.4) is 0 Å². The molecule has 2 aliphatic heterocycles. The van der Waals surface area contributed by atoms with Gasteiger partial charge >= 0.3 is 6.09 Å². The molecule has 2 amide bonds. The lowest BCUT2D eigenvalue weighted by atomic mass is 9.74. The van der Waals surface area contributed by atoms with Gasteiger partial charge in [-0.1, -0.05) is 91.9 Å². The number of carbonyl (C=O) groups is 2. The molecular weight excluding hydrogens is 674 g/mol. The summed E-state index contributed by atoms with van der Waals surface area (Å²) in [5.74, 6) is -0.240. The zero-order valence-corrected chi connectivity index (χ0v) is 29.6. The maximum Gasteiger partial charge on any atom is 0.417 e. The van der Waals surface area contributed by atoms with E-state index in [0.29, 0.717) is 52.0 Å². The fourth-order valence-corrected chi connectivity index (χ4v) is 6.87. The van der Waals surface area contributed by atoms with E-state index in [1.54, 1.807) is 37.4 Å². The molecule has 272 valence electrons. The molecule has 1 fully saturated rings. The van der Waals surface area contributed by atoms with Crippen molar-refractivity contribution in [2.24, 2.45) is 5.92 Å². The van der Waals surface area contributed by atoms with E-state index in [1.165, 1.54) is 0 Å². The number of benzene rings is 5. The Balaban J connectivity index is 1.42. The normalized spacial score (nSPS) is 16.4. The molecule has 0 aromatic heterocycles. The van der Waals surface area contributed by atoms with Gasteiger partial charge < -0.3 is 33.5 Å². The molecule has 4 atom stereocenters. The van der Waals surface area contributed by atoms with Gasteiger partial charge in [-0.25, -0.2) is 9.69 Å². The van der Waals surface area contributed by atoms with E-state index in [0.717, 1.165) is 22.4 Å². The van der Waals surface area contributed by atoms with Gasteiger partial charge in [0.15, 0.2) is 11.5 Å². The third-order valence-electron chi connectivity index (χ3n) is 9.50. The molecule has 0 bridgehead atoms. The monoisotopic (exact) mass is 715 g/mol. The summed E-state index contributed by atoms with van der Waals surface area (Å²) < 4.78 is 35.0. The Morgan fingerprint density at radius 1 is 0.811 bits per heavy atom. The number of cyclic esters (lactones) is 1. The van der Waals surface area contributed by atoms with E-state index in [9.17, 15) is 9.90 Å². The number of amides is 2. The Bertz CT molecular complexity index is 2040. The van der Waals surface area contributed by atoms with Crippen LogP contribution in [0.15, 0.2) is 121 Å². The van der Waals surface area contributed by atoms with E-state index in [-0.39, 0.29) is 20.0 Å². The number of rotatable bonds is 14. The van der Waals surface area contributed by atoms with E-state index in [2.05, 4.69) is 0 Å². The Morgan fingerprint density at radius 3 is 2.36 bits per heavy atom. The number of aliphatic hydroxyl groups excluding tert-OH is 1. The van der Waals surface area contributed by atoms with Crippen molar-refractivity contribution < 1.29 is 43.1 Å². The Hall–Kier alpha value is -6.00. The van der Waals surface area contributed by atoms with E-state index in [1.807, 2.05) is 97.9 Å². The van der Waals surface area contributed by atoms with E-state index < -0.39 is 36.0 Å². The average Bonchev–Trinajstić information content (AvgIpc) is 3.85. The third kappa shape index (κ3) is 7.64. The van der Waals surface area contributed by atoms with Gasteiger partial charge in [-0.15, -0.1) is 0 Å². The summed E-state index contributed by atoms with van der Waals surface area (Å²) in [6, 6.07) is 36.2. The Labute approximate surface area is 308 Å². The van der Waals surface area contributed by atoms with Crippen LogP contribution in [0.4, 0.5) is 4.79 Å². The quantitative estimate of drug-likeness (QED) is 0.122. The van der Waals surface area contributed by atoms with Crippen LogP contribution < -0.4 is 23.7 Å². The van der Waals surface area contributed by atoms with Crippen molar-refractivity contribution >= 4 is 12.0 Å². The van der Waals surface area contributed by atoms with Crippen molar-refractivity contribution in [3.63, 3.8) is 0 Å². The number of ether oxygens (including phenoxy) is 6. The molecule has 1 N–H and O–H groups in total. The zero-order valence-electron chi connectivity index (χ0n) is 29.6. The lowest BCUT2D eigenvalue weighted by molar-refractivity contribution is -0.138. The first-order chi connectivity index (χ1) is 25.9. The molecule has 7 rings (SSSR count). The summed E-state index contributed by atoms with van der Waals surface area (Å²) in [6.07, 6.45) is -1.44. The molecule has 10 heteroatoms. The summed E-state index contributed by atoms with van der Waals surface area (Å²) in [6.45, 7) is 2.75. The highest BCUT2D eigenvalue weighted by Gasteiger charge is 2.48. The second kappa shape index (κ2) is 16.1. The number of aliphatic hydroxyl groups is 1. The first kappa shape index (κ1) is 35.4. The second-order valence-electron chi connectivity index (χ2n) is 12.9. The maximum absolute atomic E-state index is 15.4. The molecular formula is C43H41NO9. The smallest absolute Gasteiger partial charge is 0.417 e. The van der Waals surface area contributed by atoms with Crippen LogP contribution >= 0.6 is 0 Å². The molecule has 2 unspecified atom stereocenters. The summed E-state index contributed by atoms with van der Waals surface area (Å²) in [5.41, 5.74) is 3.32. The van der Waals surface area contributed by atoms with Gasteiger partial charge in [0.2, 0.25) is 12.7 Å². The number of fused-ring (bicyclic) bond motifs is 1. The molecule has 1 saturated heterocycles. The summed E-state index contributed by atoms with van der Waals surface area (Å²) in [5, 5.41) is 12.6. The average molecular weight is 716 g/mol. The van der Waals surface area contributed by atoms with Gasteiger partial charge in [0.25, 0.3) is 0 Å². The molecule has 53 heavy (non-hydrogen) atoms. The molecule has 5 aromatic carbocycles. The standard InChI is InChI=1S/C43H41NO9/c1-3-21-49-33-16-10-15-30(22-33)39(34-19-18-32(48-2)24-37(34)50-25-28-11-6-4-7-12-28)40(41(45)31-17-20-36-38(23-31)53-27-52-36)42(46)44-35(26-51-43(44)47)29-13-8-5-9-14-29/h4-20,22-24,35,39-41,45H,3,21,25-27H2,1-2H3/t35-,39+,40?,41?/m1/s1. The van der Waals surface area contributed by atoms with Crippen LogP contribution in [0.1, 0.15) is 59.2 Å². The largest absolute Gasteiger partial charge is 0.497 e. The zero-order chi connectivity index (χ0) is 36.7. The molecule has 0 radical (unpaired) electrons. The minimum Gasteiger partial charge on any atom is -0.497 e. The fraction of sp³-hybridized carbons (Fsp3) is 0.256. The molecule has 10 nitrogen and oxygen atoms in total. The van der Waals surface area contributed by atoms with Crippen molar-refractivity contribution in [2.75, 3.05) is 27.1 Å². The van der Waals surface area contributed by atoms with E-state index in [4.69, 9.17) is 28.4 Å². The van der Waals surface area contributed by atoms with Crippen LogP contribution in [0.2, 0.25) is 0 Å². The Kier molecular flexibility index (Phi) is 10.8. The van der Waals surface area contributed by atoms with Crippen LogP contribution in [-0.2, 0) is 16.1 Å². The van der Waals surface area contributed by atoms with Gasteiger partial charge in [0, 0.05) is 17.5 Å². The van der Waals surface area contributed by atoms with Crippen LogP contribution in [-0.4, -0.2) is 49.1 Å². The SMILES string of the molecule is CCCOc1cccc([C@@H](c2ccc(OC)cc2OCc2ccccc2)C(C(=O)N2C(=O)OC[C@@H]2c2ccccc2)C(O)c2ccc3c(c2)OCO3)c1. The molecule has 0 saturated carbocycles. The fourth-order valence-electron chi connectivity index (χ4n) is 6.87. The van der Waals surface area contributed by atoms with Gasteiger partial charge in [0.05, 0.1) is 25.7 Å². The highest BCUT2D eigenvalue weighted by molar-refractivity contribution is 5.96. The van der Waals surface area contributed by atoms with Gasteiger partial charge in [-0.05, 0) is 59.0 Å². The number of nitrogens with zero attached hydrogens (tertiary/aromatic N) is 1. The Morgan fingerprint density at radius 2 is 1.58 bits per heavy atom.